The Morgan fingerprint density at radius 2 is 1.67 bits per heavy atom. The molecule has 0 fully saturated rings. The lowest BCUT2D eigenvalue weighted by Crippen LogP contribution is -2.01. The molecule has 0 N–H and O–H groups in total. The van der Waals surface area contributed by atoms with Crippen LogP contribution in [-0.2, 0) is 9.53 Å². The third-order valence-electron chi connectivity index (χ3n) is 2.70. The standard InChI is InChI=1S/C16H28O2/c1-3-5-6-7-8-9-10-11-12-13-15-18-16(17)14-4-2/h4,10-11,14H,3,5-9,12-13,15H2,1-2H3. The van der Waals surface area contributed by atoms with Crippen LogP contribution >= 0.6 is 0 Å². The van der Waals surface area contributed by atoms with Gasteiger partial charge in [0.25, 0.3) is 0 Å². The van der Waals surface area contributed by atoms with E-state index in [9.17, 15) is 4.79 Å². The van der Waals surface area contributed by atoms with Gasteiger partial charge in [-0.15, -0.1) is 0 Å². The van der Waals surface area contributed by atoms with Crippen molar-refractivity contribution in [1.82, 2.24) is 0 Å². The summed E-state index contributed by atoms with van der Waals surface area (Å²) in [5.41, 5.74) is 0. The average molecular weight is 252 g/mol. The smallest absolute Gasteiger partial charge is 0.330 e. The van der Waals surface area contributed by atoms with Crippen LogP contribution < -0.4 is 0 Å². The second-order valence-corrected chi connectivity index (χ2v) is 4.48. The number of ether oxygens (including phenoxy) is 1. The van der Waals surface area contributed by atoms with Crippen LogP contribution in [0.3, 0.4) is 0 Å². The van der Waals surface area contributed by atoms with Gasteiger partial charge in [-0.1, -0.05) is 50.8 Å². The van der Waals surface area contributed by atoms with Crippen LogP contribution in [0.1, 0.15) is 65.2 Å². The van der Waals surface area contributed by atoms with Crippen LogP contribution in [0.5, 0.6) is 0 Å². The van der Waals surface area contributed by atoms with Crippen molar-refractivity contribution in [3.05, 3.63) is 24.3 Å². The zero-order valence-corrected chi connectivity index (χ0v) is 12.0. The number of esters is 1. The van der Waals surface area contributed by atoms with E-state index in [4.69, 9.17) is 4.74 Å². The summed E-state index contributed by atoms with van der Waals surface area (Å²) in [5.74, 6) is -0.239. The Hall–Kier alpha value is -1.05. The molecular formula is C16H28O2. The molecule has 0 aliphatic heterocycles. The fraction of sp³-hybridized carbons (Fsp3) is 0.688. The zero-order chi connectivity index (χ0) is 13.5. The van der Waals surface area contributed by atoms with Gasteiger partial charge in [-0.3, -0.25) is 0 Å². The molecule has 0 aromatic carbocycles. The first-order valence-electron chi connectivity index (χ1n) is 7.25. The maximum atomic E-state index is 11.0. The van der Waals surface area contributed by atoms with Crippen LogP contribution in [0.4, 0.5) is 0 Å². The Morgan fingerprint density at radius 1 is 1.00 bits per heavy atom. The minimum Gasteiger partial charge on any atom is -0.463 e. The Kier molecular flexibility index (Phi) is 13.2. The van der Waals surface area contributed by atoms with Gasteiger partial charge in [0.15, 0.2) is 0 Å². The molecule has 0 aliphatic carbocycles. The largest absolute Gasteiger partial charge is 0.463 e. The normalized spacial score (nSPS) is 11.4. The van der Waals surface area contributed by atoms with Crippen LogP contribution in [0, 0.1) is 0 Å². The fourth-order valence-electron chi connectivity index (χ4n) is 1.66. The Morgan fingerprint density at radius 3 is 2.33 bits per heavy atom. The molecule has 0 saturated heterocycles. The van der Waals surface area contributed by atoms with E-state index < -0.39 is 0 Å². The number of hydrogen-bond donors (Lipinski definition) is 0. The molecule has 104 valence electrons. The first-order valence-corrected chi connectivity index (χ1v) is 7.25. The molecule has 0 bridgehead atoms. The van der Waals surface area contributed by atoms with Gasteiger partial charge in [0, 0.05) is 6.08 Å². The number of hydrogen-bond acceptors (Lipinski definition) is 2. The highest BCUT2D eigenvalue weighted by atomic mass is 16.5. The Labute approximate surface area is 112 Å². The highest BCUT2D eigenvalue weighted by Crippen LogP contribution is 2.05. The summed E-state index contributed by atoms with van der Waals surface area (Å²) in [6, 6.07) is 0. The minimum absolute atomic E-state index is 0.239. The van der Waals surface area contributed by atoms with Crippen LogP contribution in [0.15, 0.2) is 24.3 Å². The van der Waals surface area contributed by atoms with Gasteiger partial charge in [0.05, 0.1) is 6.61 Å². The molecule has 0 aromatic heterocycles. The zero-order valence-electron chi connectivity index (χ0n) is 12.0. The number of unbranched alkanes of at least 4 members (excludes halogenated alkanes) is 6. The van der Waals surface area contributed by atoms with Gasteiger partial charge in [0.2, 0.25) is 0 Å². The molecule has 0 radical (unpaired) electrons. The van der Waals surface area contributed by atoms with Gasteiger partial charge in [-0.25, -0.2) is 4.79 Å². The van der Waals surface area contributed by atoms with Crippen molar-refractivity contribution >= 4 is 5.97 Å². The lowest BCUT2D eigenvalue weighted by Gasteiger charge is -1.99. The van der Waals surface area contributed by atoms with Gasteiger partial charge in [-0.2, -0.15) is 0 Å². The van der Waals surface area contributed by atoms with E-state index >= 15 is 0 Å². The van der Waals surface area contributed by atoms with Crippen LogP contribution in [0.2, 0.25) is 0 Å². The van der Waals surface area contributed by atoms with Gasteiger partial charge >= 0.3 is 5.97 Å². The summed E-state index contributed by atoms with van der Waals surface area (Å²) in [7, 11) is 0. The molecule has 0 saturated carbocycles. The summed E-state index contributed by atoms with van der Waals surface area (Å²) in [6.45, 7) is 4.57. The summed E-state index contributed by atoms with van der Waals surface area (Å²) >= 11 is 0. The first kappa shape index (κ1) is 16.9. The molecule has 0 aliphatic rings. The second-order valence-electron chi connectivity index (χ2n) is 4.48. The lowest BCUT2D eigenvalue weighted by molar-refractivity contribution is -0.137. The molecular weight excluding hydrogens is 224 g/mol. The van der Waals surface area contributed by atoms with E-state index in [1.165, 1.54) is 44.6 Å². The van der Waals surface area contributed by atoms with Crippen molar-refractivity contribution in [2.24, 2.45) is 0 Å². The maximum Gasteiger partial charge on any atom is 0.330 e. The number of carbonyl (C=O) groups is 1. The summed E-state index contributed by atoms with van der Waals surface area (Å²) in [4.78, 5) is 11.0. The topological polar surface area (TPSA) is 26.3 Å². The summed E-state index contributed by atoms with van der Waals surface area (Å²) in [5, 5.41) is 0. The van der Waals surface area contributed by atoms with Crippen LogP contribution in [-0.4, -0.2) is 12.6 Å². The minimum atomic E-state index is -0.239. The number of allylic oxidation sites excluding steroid dienone is 3. The quantitative estimate of drug-likeness (QED) is 0.228. The van der Waals surface area contributed by atoms with E-state index in [0.29, 0.717) is 6.61 Å². The molecule has 2 nitrogen and oxygen atoms in total. The van der Waals surface area contributed by atoms with Gasteiger partial charge < -0.3 is 4.74 Å². The highest BCUT2D eigenvalue weighted by molar-refractivity contribution is 5.81. The third-order valence-corrected chi connectivity index (χ3v) is 2.70. The van der Waals surface area contributed by atoms with E-state index in [0.717, 1.165) is 12.8 Å². The van der Waals surface area contributed by atoms with Crippen molar-refractivity contribution < 1.29 is 9.53 Å². The van der Waals surface area contributed by atoms with Gasteiger partial charge in [-0.05, 0) is 32.6 Å². The highest BCUT2D eigenvalue weighted by Gasteiger charge is 1.93. The van der Waals surface area contributed by atoms with E-state index in [-0.39, 0.29) is 5.97 Å². The molecule has 0 spiro atoms. The molecule has 0 amide bonds. The monoisotopic (exact) mass is 252 g/mol. The number of rotatable bonds is 11. The molecule has 0 atom stereocenters. The summed E-state index contributed by atoms with van der Waals surface area (Å²) < 4.78 is 4.99. The van der Waals surface area contributed by atoms with Crippen molar-refractivity contribution in [2.45, 2.75) is 65.2 Å². The fourth-order valence-corrected chi connectivity index (χ4v) is 1.66. The SMILES string of the molecule is CC=CC(=O)OCCCC=CCCCCCCC. The van der Waals surface area contributed by atoms with E-state index in [2.05, 4.69) is 19.1 Å². The van der Waals surface area contributed by atoms with Crippen molar-refractivity contribution in [3.63, 3.8) is 0 Å². The number of carbonyl (C=O) groups excluding carboxylic acids is 1. The third kappa shape index (κ3) is 13.0. The molecule has 0 unspecified atom stereocenters. The van der Waals surface area contributed by atoms with Crippen molar-refractivity contribution in [2.75, 3.05) is 6.61 Å². The first-order chi connectivity index (χ1) is 8.81. The molecule has 18 heavy (non-hydrogen) atoms. The second kappa shape index (κ2) is 14.0. The molecule has 0 rings (SSSR count). The van der Waals surface area contributed by atoms with Crippen LogP contribution in [0.25, 0.3) is 0 Å². The summed E-state index contributed by atoms with van der Waals surface area (Å²) in [6.07, 6.45) is 17.4. The molecule has 0 aromatic rings. The van der Waals surface area contributed by atoms with E-state index in [1.807, 2.05) is 6.92 Å². The predicted octanol–water partition coefficient (Wildman–Crippen LogP) is 4.80. The lowest BCUT2D eigenvalue weighted by atomic mass is 10.1. The Balaban J connectivity index is 3.20. The molecule has 2 heteroatoms. The average Bonchev–Trinajstić information content (AvgIpc) is 2.36. The Bertz CT molecular complexity index is 241. The van der Waals surface area contributed by atoms with Crippen molar-refractivity contribution in [1.29, 1.82) is 0 Å². The maximum absolute atomic E-state index is 11.0. The van der Waals surface area contributed by atoms with Crippen molar-refractivity contribution in [3.8, 4) is 0 Å². The van der Waals surface area contributed by atoms with Gasteiger partial charge in [0.1, 0.15) is 0 Å². The van der Waals surface area contributed by atoms with E-state index in [1.54, 1.807) is 6.08 Å². The molecule has 0 heterocycles. The predicted molar refractivity (Wildman–Crippen MR) is 77.5 cm³/mol.